The molecule has 0 aliphatic carbocycles. The number of carbonyl (C=O) groups is 2. The molecule has 0 unspecified atom stereocenters. The lowest BCUT2D eigenvalue weighted by molar-refractivity contribution is -0.123. The Morgan fingerprint density at radius 2 is 1.80 bits per heavy atom. The molecule has 2 aromatic rings. The largest absolute Gasteiger partial charge is 0.490 e. The molecule has 1 aliphatic rings. The molecule has 2 aromatic carbocycles. The van der Waals surface area contributed by atoms with Gasteiger partial charge in [0.1, 0.15) is 6.61 Å². The van der Waals surface area contributed by atoms with Crippen molar-refractivity contribution in [3.8, 4) is 11.5 Å². The topological polar surface area (TPSA) is 55.8 Å². The molecular formula is C22H21BrClNO4S. The molecule has 0 bridgehead atoms. The summed E-state index contributed by atoms with van der Waals surface area (Å²) in [6.07, 6.45) is 1.70. The molecule has 1 heterocycles. The van der Waals surface area contributed by atoms with E-state index in [1.54, 1.807) is 18.2 Å². The summed E-state index contributed by atoms with van der Waals surface area (Å²) in [5, 5.41) is 0.410. The Bertz CT molecular complexity index is 991. The van der Waals surface area contributed by atoms with Crippen LogP contribution >= 0.6 is 39.3 Å². The smallest absolute Gasteiger partial charge is 0.293 e. The number of amides is 2. The molecule has 30 heavy (non-hydrogen) atoms. The van der Waals surface area contributed by atoms with Crippen LogP contribution in [-0.4, -0.2) is 28.7 Å². The van der Waals surface area contributed by atoms with Crippen molar-refractivity contribution in [3.05, 3.63) is 61.9 Å². The van der Waals surface area contributed by atoms with Gasteiger partial charge in [0.25, 0.3) is 11.1 Å². The number of hydrogen-bond donors (Lipinski definition) is 0. The summed E-state index contributed by atoms with van der Waals surface area (Å²) in [5.41, 5.74) is 1.70. The standard InChI is InChI=1S/C22H21BrClNO4S/c1-4-28-18-9-15(10-20-21(26)25(13(2)3)22(27)30-20)17(23)11-19(18)29-12-14-5-7-16(24)8-6-14/h5-11,13H,4,12H2,1-3H3/b20-10+. The zero-order valence-corrected chi connectivity index (χ0v) is 19.9. The Hall–Kier alpha value is -1.96. The molecule has 1 fully saturated rings. The summed E-state index contributed by atoms with van der Waals surface area (Å²) < 4.78 is 12.4. The fourth-order valence-corrected chi connectivity index (χ4v) is 4.37. The van der Waals surface area contributed by atoms with Crippen LogP contribution in [0.25, 0.3) is 6.08 Å². The van der Waals surface area contributed by atoms with Gasteiger partial charge < -0.3 is 9.47 Å². The molecule has 0 atom stereocenters. The van der Waals surface area contributed by atoms with E-state index in [1.165, 1.54) is 4.90 Å². The van der Waals surface area contributed by atoms with Crippen molar-refractivity contribution in [3.63, 3.8) is 0 Å². The van der Waals surface area contributed by atoms with Crippen molar-refractivity contribution in [2.24, 2.45) is 0 Å². The number of thioether (sulfide) groups is 1. The summed E-state index contributed by atoms with van der Waals surface area (Å²) >= 11 is 10.4. The fraction of sp³-hybridized carbons (Fsp3) is 0.273. The van der Waals surface area contributed by atoms with Gasteiger partial charge >= 0.3 is 0 Å². The molecule has 158 valence electrons. The van der Waals surface area contributed by atoms with Crippen LogP contribution in [0, 0.1) is 0 Å². The first kappa shape index (κ1) is 22.7. The molecule has 1 aliphatic heterocycles. The van der Waals surface area contributed by atoms with E-state index in [9.17, 15) is 9.59 Å². The molecule has 0 spiro atoms. The van der Waals surface area contributed by atoms with Crippen LogP contribution in [0.15, 0.2) is 45.8 Å². The van der Waals surface area contributed by atoms with Crippen LogP contribution in [0.1, 0.15) is 31.9 Å². The molecule has 0 aromatic heterocycles. The number of hydrogen-bond acceptors (Lipinski definition) is 5. The van der Waals surface area contributed by atoms with E-state index >= 15 is 0 Å². The molecule has 2 amide bonds. The van der Waals surface area contributed by atoms with E-state index in [1.807, 2.05) is 45.0 Å². The Morgan fingerprint density at radius 3 is 2.40 bits per heavy atom. The number of imide groups is 1. The Morgan fingerprint density at radius 1 is 1.13 bits per heavy atom. The van der Waals surface area contributed by atoms with Gasteiger partial charge in [-0.1, -0.05) is 39.7 Å². The lowest BCUT2D eigenvalue weighted by atomic mass is 10.1. The van der Waals surface area contributed by atoms with Crippen LogP contribution < -0.4 is 9.47 Å². The van der Waals surface area contributed by atoms with Crippen molar-refractivity contribution in [1.29, 1.82) is 0 Å². The van der Waals surface area contributed by atoms with E-state index in [-0.39, 0.29) is 17.2 Å². The zero-order chi connectivity index (χ0) is 21.8. The quantitative estimate of drug-likeness (QED) is 0.397. The molecular weight excluding hydrogens is 490 g/mol. The van der Waals surface area contributed by atoms with Crippen LogP contribution in [-0.2, 0) is 11.4 Å². The molecule has 0 radical (unpaired) electrons. The molecule has 0 saturated carbocycles. The maximum absolute atomic E-state index is 12.6. The van der Waals surface area contributed by atoms with Crippen molar-refractivity contribution in [1.82, 2.24) is 4.90 Å². The van der Waals surface area contributed by atoms with E-state index in [0.29, 0.717) is 34.6 Å². The predicted molar refractivity (Wildman–Crippen MR) is 124 cm³/mol. The first-order valence-corrected chi connectivity index (χ1v) is 11.4. The van der Waals surface area contributed by atoms with Crippen LogP contribution in [0.2, 0.25) is 5.02 Å². The SMILES string of the molecule is CCOc1cc(/C=C2/SC(=O)N(C(C)C)C2=O)c(Br)cc1OCc1ccc(Cl)cc1. The van der Waals surface area contributed by atoms with Crippen molar-refractivity contribution in [2.75, 3.05) is 6.61 Å². The van der Waals surface area contributed by atoms with Crippen LogP contribution in [0.5, 0.6) is 11.5 Å². The molecule has 3 rings (SSSR count). The summed E-state index contributed by atoms with van der Waals surface area (Å²) in [4.78, 5) is 26.4. The highest BCUT2D eigenvalue weighted by molar-refractivity contribution is 9.10. The second kappa shape index (κ2) is 9.90. The first-order valence-electron chi connectivity index (χ1n) is 9.40. The van der Waals surface area contributed by atoms with E-state index in [0.717, 1.165) is 27.4 Å². The highest BCUT2D eigenvalue weighted by atomic mass is 79.9. The molecule has 0 N–H and O–H groups in total. The Kier molecular flexibility index (Phi) is 7.50. The maximum atomic E-state index is 12.6. The minimum atomic E-state index is -0.284. The number of nitrogens with zero attached hydrogens (tertiary/aromatic N) is 1. The third kappa shape index (κ3) is 5.20. The van der Waals surface area contributed by atoms with Gasteiger partial charge in [0, 0.05) is 15.5 Å². The first-order chi connectivity index (χ1) is 14.3. The van der Waals surface area contributed by atoms with E-state index in [4.69, 9.17) is 21.1 Å². The van der Waals surface area contributed by atoms with Crippen molar-refractivity contribution >= 4 is 56.5 Å². The summed E-state index contributed by atoms with van der Waals surface area (Å²) in [6.45, 7) is 6.34. The van der Waals surface area contributed by atoms with Crippen LogP contribution in [0.3, 0.4) is 0 Å². The number of benzene rings is 2. The van der Waals surface area contributed by atoms with Gasteiger partial charge in [-0.15, -0.1) is 0 Å². The average molecular weight is 511 g/mol. The van der Waals surface area contributed by atoms with Gasteiger partial charge in [-0.05, 0) is 74.0 Å². The average Bonchev–Trinajstić information content (AvgIpc) is 2.97. The van der Waals surface area contributed by atoms with Gasteiger partial charge in [-0.2, -0.15) is 0 Å². The number of rotatable bonds is 7. The lowest BCUT2D eigenvalue weighted by Gasteiger charge is -2.16. The van der Waals surface area contributed by atoms with Crippen molar-refractivity contribution in [2.45, 2.75) is 33.4 Å². The predicted octanol–water partition coefficient (Wildman–Crippen LogP) is 6.52. The second-order valence-corrected chi connectivity index (χ2v) is 9.10. The second-order valence-electron chi connectivity index (χ2n) is 6.81. The zero-order valence-electron chi connectivity index (χ0n) is 16.8. The Balaban J connectivity index is 1.86. The lowest BCUT2D eigenvalue weighted by Crippen LogP contribution is -2.34. The number of ether oxygens (including phenoxy) is 2. The summed E-state index contributed by atoms with van der Waals surface area (Å²) in [6, 6.07) is 10.8. The minimum absolute atomic E-state index is 0.186. The fourth-order valence-electron chi connectivity index (χ4n) is 2.85. The normalized spacial score (nSPS) is 15.4. The van der Waals surface area contributed by atoms with Gasteiger partial charge in [0.15, 0.2) is 11.5 Å². The number of halogens is 2. The molecule has 1 saturated heterocycles. The van der Waals surface area contributed by atoms with Gasteiger partial charge in [-0.25, -0.2) is 0 Å². The highest BCUT2D eigenvalue weighted by Gasteiger charge is 2.36. The molecule has 5 nitrogen and oxygen atoms in total. The highest BCUT2D eigenvalue weighted by Crippen LogP contribution is 2.39. The van der Waals surface area contributed by atoms with E-state index < -0.39 is 0 Å². The maximum Gasteiger partial charge on any atom is 0.293 e. The Labute approximate surface area is 193 Å². The monoisotopic (exact) mass is 509 g/mol. The van der Waals surface area contributed by atoms with E-state index in [2.05, 4.69) is 15.9 Å². The summed E-state index contributed by atoms with van der Waals surface area (Å²) in [7, 11) is 0. The van der Waals surface area contributed by atoms with Crippen LogP contribution in [0.4, 0.5) is 4.79 Å². The van der Waals surface area contributed by atoms with Crippen molar-refractivity contribution < 1.29 is 19.1 Å². The third-order valence-electron chi connectivity index (χ3n) is 4.30. The molecule has 8 heteroatoms. The van der Waals surface area contributed by atoms with Gasteiger partial charge in [0.05, 0.1) is 11.5 Å². The third-order valence-corrected chi connectivity index (χ3v) is 6.12. The van der Waals surface area contributed by atoms with Gasteiger partial charge in [-0.3, -0.25) is 14.5 Å². The minimum Gasteiger partial charge on any atom is -0.490 e. The number of carbonyl (C=O) groups excluding carboxylic acids is 2. The van der Waals surface area contributed by atoms with Gasteiger partial charge in [0.2, 0.25) is 0 Å². The summed E-state index contributed by atoms with van der Waals surface area (Å²) in [5.74, 6) is 0.850.